The van der Waals surface area contributed by atoms with Gasteiger partial charge < -0.3 is 0 Å². The molecule has 0 radical (unpaired) electrons. The molecule has 0 spiro atoms. The first kappa shape index (κ1) is 7.87. The molecule has 1 heterocycles. The fourth-order valence-corrected chi connectivity index (χ4v) is 1.53. The van der Waals surface area contributed by atoms with E-state index in [1.165, 1.54) is 17.7 Å². The van der Waals surface area contributed by atoms with E-state index in [0.717, 1.165) is 11.3 Å². The summed E-state index contributed by atoms with van der Waals surface area (Å²) in [6, 6.07) is 0. The normalized spacial score (nSPS) is 9.55. The van der Waals surface area contributed by atoms with Crippen molar-refractivity contribution in [2.75, 3.05) is 0 Å². The first-order valence-electron chi connectivity index (χ1n) is 2.84. The summed E-state index contributed by atoms with van der Waals surface area (Å²) in [4.78, 5) is 20.4. The third-order valence-electron chi connectivity index (χ3n) is 1.22. The molecule has 0 atom stereocenters. The first-order valence-corrected chi connectivity index (χ1v) is 3.78. The zero-order chi connectivity index (χ0) is 8.43. The van der Waals surface area contributed by atoms with Gasteiger partial charge in [0.05, 0.1) is 10.3 Å². The highest BCUT2D eigenvalue weighted by Gasteiger charge is 2.17. The molecule has 0 amide bonds. The lowest BCUT2D eigenvalue weighted by Crippen LogP contribution is -1.95. The van der Waals surface area contributed by atoms with Crippen molar-refractivity contribution in [3.63, 3.8) is 0 Å². The fourth-order valence-electron chi connectivity index (χ4n) is 0.695. The minimum Gasteiger partial charge on any atom is -0.294 e. The van der Waals surface area contributed by atoms with Crippen LogP contribution in [0.5, 0.6) is 0 Å². The maximum atomic E-state index is 10.7. The average molecular weight is 171 g/mol. The van der Waals surface area contributed by atoms with Gasteiger partial charge in [0, 0.05) is 5.38 Å². The summed E-state index contributed by atoms with van der Waals surface area (Å²) in [6.45, 7) is 1.31. The molecule has 1 aromatic rings. The quantitative estimate of drug-likeness (QED) is 0.387. The monoisotopic (exact) mass is 171 g/mol. The standard InChI is InChI=1S/C6H5NO3S/c1-4(8)5-2-11-3-6(5)7(9)10/h2-3H,1H3. The maximum Gasteiger partial charge on any atom is 0.290 e. The Morgan fingerprint density at radius 3 is 2.64 bits per heavy atom. The summed E-state index contributed by atoms with van der Waals surface area (Å²) in [7, 11) is 0. The Kier molecular flexibility index (Phi) is 2.00. The van der Waals surface area contributed by atoms with E-state index in [-0.39, 0.29) is 17.0 Å². The van der Waals surface area contributed by atoms with Crippen LogP contribution in [-0.4, -0.2) is 10.7 Å². The molecule has 0 unspecified atom stereocenters. The van der Waals surface area contributed by atoms with Crippen molar-refractivity contribution in [2.45, 2.75) is 6.92 Å². The van der Waals surface area contributed by atoms with E-state index >= 15 is 0 Å². The number of thiophene rings is 1. The van der Waals surface area contributed by atoms with Crippen LogP contribution in [0.2, 0.25) is 0 Å². The summed E-state index contributed by atoms with van der Waals surface area (Å²) < 4.78 is 0. The Balaban J connectivity index is 3.16. The third kappa shape index (κ3) is 1.43. The van der Waals surface area contributed by atoms with Gasteiger partial charge in [-0.2, -0.15) is 0 Å². The lowest BCUT2D eigenvalue weighted by Gasteiger charge is -1.88. The molecular formula is C6H5NO3S. The molecule has 0 aromatic carbocycles. The predicted octanol–water partition coefficient (Wildman–Crippen LogP) is 1.86. The van der Waals surface area contributed by atoms with Crippen molar-refractivity contribution in [1.82, 2.24) is 0 Å². The van der Waals surface area contributed by atoms with Crippen LogP contribution < -0.4 is 0 Å². The smallest absolute Gasteiger partial charge is 0.290 e. The van der Waals surface area contributed by atoms with Gasteiger partial charge in [0.2, 0.25) is 0 Å². The molecule has 58 valence electrons. The summed E-state index contributed by atoms with van der Waals surface area (Å²) in [5.74, 6) is -0.266. The highest BCUT2D eigenvalue weighted by molar-refractivity contribution is 7.08. The van der Waals surface area contributed by atoms with Gasteiger partial charge in [0.15, 0.2) is 5.78 Å². The summed E-state index contributed by atoms with van der Waals surface area (Å²) in [6.07, 6.45) is 0. The zero-order valence-corrected chi connectivity index (χ0v) is 6.55. The van der Waals surface area contributed by atoms with Gasteiger partial charge >= 0.3 is 0 Å². The number of hydrogen-bond donors (Lipinski definition) is 0. The fraction of sp³-hybridized carbons (Fsp3) is 0.167. The van der Waals surface area contributed by atoms with Gasteiger partial charge in [-0.3, -0.25) is 14.9 Å². The van der Waals surface area contributed by atoms with E-state index in [1.807, 2.05) is 0 Å². The van der Waals surface area contributed by atoms with E-state index in [4.69, 9.17) is 0 Å². The number of Topliss-reactive ketones (excluding diaryl/α,β-unsaturated/α-hetero) is 1. The number of carbonyl (C=O) groups excluding carboxylic acids is 1. The van der Waals surface area contributed by atoms with Crippen LogP contribution in [0.25, 0.3) is 0 Å². The van der Waals surface area contributed by atoms with Crippen LogP contribution >= 0.6 is 11.3 Å². The second-order valence-electron chi connectivity index (χ2n) is 1.98. The van der Waals surface area contributed by atoms with E-state index in [2.05, 4.69) is 0 Å². The minimum atomic E-state index is -0.548. The molecule has 0 bridgehead atoms. The van der Waals surface area contributed by atoms with Gasteiger partial charge in [-0.25, -0.2) is 0 Å². The Bertz CT molecular complexity index is 276. The van der Waals surface area contributed by atoms with Crippen LogP contribution in [0.4, 0.5) is 5.69 Å². The minimum absolute atomic E-state index is 0.0949. The zero-order valence-electron chi connectivity index (χ0n) is 5.73. The molecule has 0 N–H and O–H groups in total. The molecule has 0 aliphatic heterocycles. The summed E-state index contributed by atoms with van der Waals surface area (Å²) in [5.41, 5.74) is 0.0995. The van der Waals surface area contributed by atoms with E-state index in [1.54, 1.807) is 0 Å². The molecule has 4 nitrogen and oxygen atoms in total. The molecule has 0 fully saturated rings. The third-order valence-corrected chi connectivity index (χ3v) is 1.95. The number of nitro groups is 1. The van der Waals surface area contributed by atoms with Crippen molar-refractivity contribution in [3.05, 3.63) is 26.4 Å². The number of rotatable bonds is 2. The second-order valence-corrected chi connectivity index (χ2v) is 2.73. The highest BCUT2D eigenvalue weighted by atomic mass is 32.1. The largest absolute Gasteiger partial charge is 0.294 e. The van der Waals surface area contributed by atoms with Gasteiger partial charge in [0.25, 0.3) is 5.69 Å². The van der Waals surface area contributed by atoms with Crippen LogP contribution in [0.1, 0.15) is 17.3 Å². The average Bonchev–Trinajstić information content (AvgIpc) is 2.32. The highest BCUT2D eigenvalue weighted by Crippen LogP contribution is 2.22. The Hall–Kier alpha value is -1.23. The van der Waals surface area contributed by atoms with Gasteiger partial charge in [0.1, 0.15) is 5.56 Å². The van der Waals surface area contributed by atoms with Crippen molar-refractivity contribution in [3.8, 4) is 0 Å². The summed E-state index contributed by atoms with van der Waals surface area (Å²) in [5, 5.41) is 13.1. The van der Waals surface area contributed by atoms with Crippen LogP contribution in [0.3, 0.4) is 0 Å². The van der Waals surface area contributed by atoms with Crippen LogP contribution in [-0.2, 0) is 0 Å². The maximum absolute atomic E-state index is 10.7. The topological polar surface area (TPSA) is 60.2 Å². The van der Waals surface area contributed by atoms with Crippen LogP contribution in [0.15, 0.2) is 10.8 Å². The molecule has 1 rings (SSSR count). The number of carbonyl (C=O) groups is 1. The molecule has 5 heteroatoms. The number of hydrogen-bond acceptors (Lipinski definition) is 4. The Morgan fingerprint density at radius 2 is 2.27 bits per heavy atom. The first-order chi connectivity index (χ1) is 5.13. The predicted molar refractivity (Wildman–Crippen MR) is 41.0 cm³/mol. The van der Waals surface area contributed by atoms with Crippen molar-refractivity contribution < 1.29 is 9.72 Å². The van der Waals surface area contributed by atoms with Crippen molar-refractivity contribution in [2.24, 2.45) is 0 Å². The SMILES string of the molecule is CC(=O)c1cscc1[N+](=O)[O-]. The van der Waals surface area contributed by atoms with E-state index < -0.39 is 4.92 Å². The molecule has 1 aromatic heterocycles. The van der Waals surface area contributed by atoms with Crippen molar-refractivity contribution in [1.29, 1.82) is 0 Å². The Labute approximate surface area is 66.6 Å². The second kappa shape index (κ2) is 2.79. The molecule has 11 heavy (non-hydrogen) atoms. The Morgan fingerprint density at radius 1 is 1.64 bits per heavy atom. The van der Waals surface area contributed by atoms with Gasteiger partial charge in [-0.05, 0) is 6.92 Å². The molecule has 0 aliphatic rings. The number of ketones is 1. The lowest BCUT2D eigenvalue weighted by molar-refractivity contribution is -0.384. The lowest BCUT2D eigenvalue weighted by atomic mass is 10.2. The summed E-state index contributed by atoms with van der Waals surface area (Å²) >= 11 is 1.16. The van der Waals surface area contributed by atoms with E-state index in [0.29, 0.717) is 0 Å². The van der Waals surface area contributed by atoms with Crippen LogP contribution in [0, 0.1) is 10.1 Å². The molecular weight excluding hydrogens is 166 g/mol. The van der Waals surface area contributed by atoms with Gasteiger partial charge in [-0.15, -0.1) is 11.3 Å². The van der Waals surface area contributed by atoms with Gasteiger partial charge in [-0.1, -0.05) is 0 Å². The molecule has 0 saturated carbocycles. The number of nitrogens with zero attached hydrogens (tertiary/aromatic N) is 1. The molecule has 0 aliphatic carbocycles. The van der Waals surface area contributed by atoms with Crippen molar-refractivity contribution >= 4 is 22.8 Å². The van der Waals surface area contributed by atoms with E-state index in [9.17, 15) is 14.9 Å². The molecule has 0 saturated heterocycles.